The van der Waals surface area contributed by atoms with E-state index in [4.69, 9.17) is 4.74 Å². The molecule has 0 aliphatic carbocycles. The van der Waals surface area contributed by atoms with E-state index in [-0.39, 0.29) is 0 Å². The highest BCUT2D eigenvalue weighted by Gasteiger charge is 2.11. The van der Waals surface area contributed by atoms with Gasteiger partial charge in [-0.25, -0.2) is 0 Å². The van der Waals surface area contributed by atoms with Crippen LogP contribution in [0.5, 0.6) is 5.75 Å². The molecule has 0 saturated carbocycles. The van der Waals surface area contributed by atoms with E-state index in [1.54, 1.807) is 7.11 Å². The van der Waals surface area contributed by atoms with Crippen molar-refractivity contribution in [1.82, 2.24) is 0 Å². The Hall–Kier alpha value is -1.80. The minimum atomic E-state index is -0.429. The Morgan fingerprint density at radius 2 is 1.90 bits per heavy atom. The molecule has 0 aliphatic heterocycles. The first-order valence-corrected chi connectivity index (χ1v) is 6.98. The van der Waals surface area contributed by atoms with Crippen LogP contribution in [0, 0.1) is 13.8 Å². The average molecular weight is 270 g/mol. The van der Waals surface area contributed by atoms with Gasteiger partial charge < -0.3 is 9.84 Å². The quantitative estimate of drug-likeness (QED) is 0.890. The van der Waals surface area contributed by atoms with Gasteiger partial charge >= 0.3 is 0 Å². The van der Waals surface area contributed by atoms with Crippen LogP contribution in [-0.4, -0.2) is 12.2 Å². The highest BCUT2D eigenvalue weighted by molar-refractivity contribution is 5.36. The zero-order chi connectivity index (χ0) is 14.5. The van der Waals surface area contributed by atoms with Crippen molar-refractivity contribution in [3.63, 3.8) is 0 Å². The van der Waals surface area contributed by atoms with E-state index < -0.39 is 6.10 Å². The van der Waals surface area contributed by atoms with Crippen LogP contribution in [0.4, 0.5) is 0 Å². The summed E-state index contributed by atoms with van der Waals surface area (Å²) in [5.41, 5.74) is 4.59. The smallest absolute Gasteiger partial charge is 0.119 e. The Bertz CT molecular complexity index is 575. The molecule has 20 heavy (non-hydrogen) atoms. The highest BCUT2D eigenvalue weighted by atomic mass is 16.5. The van der Waals surface area contributed by atoms with Crippen LogP contribution in [0.3, 0.4) is 0 Å². The Morgan fingerprint density at radius 3 is 2.55 bits per heavy atom. The summed E-state index contributed by atoms with van der Waals surface area (Å²) in [6.45, 7) is 4.10. The van der Waals surface area contributed by atoms with Gasteiger partial charge in [-0.05, 0) is 55.5 Å². The van der Waals surface area contributed by atoms with Crippen molar-refractivity contribution in [2.75, 3.05) is 7.11 Å². The second-order valence-electron chi connectivity index (χ2n) is 5.27. The first-order chi connectivity index (χ1) is 9.60. The Morgan fingerprint density at radius 1 is 1.10 bits per heavy atom. The molecule has 0 saturated heterocycles. The SMILES string of the molecule is COc1ccc(C(O)CCc2cccc(C)c2)c(C)c1. The zero-order valence-electron chi connectivity index (χ0n) is 12.4. The molecular formula is C18H22O2. The van der Waals surface area contributed by atoms with Gasteiger partial charge in [0.1, 0.15) is 5.75 Å². The molecule has 0 aliphatic rings. The minimum Gasteiger partial charge on any atom is -0.497 e. The number of aliphatic hydroxyl groups excluding tert-OH is 1. The van der Waals surface area contributed by atoms with Gasteiger partial charge in [-0.2, -0.15) is 0 Å². The van der Waals surface area contributed by atoms with Crippen molar-refractivity contribution in [2.24, 2.45) is 0 Å². The summed E-state index contributed by atoms with van der Waals surface area (Å²) in [6.07, 6.45) is 1.19. The van der Waals surface area contributed by atoms with Crippen LogP contribution in [-0.2, 0) is 6.42 Å². The molecule has 0 spiro atoms. The van der Waals surface area contributed by atoms with E-state index in [1.165, 1.54) is 11.1 Å². The van der Waals surface area contributed by atoms with Crippen molar-refractivity contribution >= 4 is 0 Å². The van der Waals surface area contributed by atoms with Gasteiger partial charge in [-0.15, -0.1) is 0 Å². The number of rotatable bonds is 5. The summed E-state index contributed by atoms with van der Waals surface area (Å²) in [5, 5.41) is 10.4. The van der Waals surface area contributed by atoms with Crippen LogP contribution in [0.25, 0.3) is 0 Å². The van der Waals surface area contributed by atoms with Crippen molar-refractivity contribution < 1.29 is 9.84 Å². The highest BCUT2D eigenvalue weighted by Crippen LogP contribution is 2.25. The number of ether oxygens (including phenoxy) is 1. The van der Waals surface area contributed by atoms with E-state index in [0.29, 0.717) is 0 Å². The maximum Gasteiger partial charge on any atom is 0.119 e. The molecule has 0 heterocycles. The summed E-state index contributed by atoms with van der Waals surface area (Å²) in [7, 11) is 1.66. The molecule has 1 atom stereocenters. The monoisotopic (exact) mass is 270 g/mol. The molecule has 2 aromatic carbocycles. The number of hydrogen-bond acceptors (Lipinski definition) is 2. The van der Waals surface area contributed by atoms with Crippen LogP contribution >= 0.6 is 0 Å². The second kappa shape index (κ2) is 6.58. The molecule has 0 amide bonds. The minimum absolute atomic E-state index is 0.429. The molecule has 1 N–H and O–H groups in total. The molecule has 2 heteroatoms. The lowest BCUT2D eigenvalue weighted by Crippen LogP contribution is -2.02. The van der Waals surface area contributed by atoms with Gasteiger partial charge in [0, 0.05) is 0 Å². The van der Waals surface area contributed by atoms with E-state index in [9.17, 15) is 5.11 Å². The summed E-state index contributed by atoms with van der Waals surface area (Å²) in [5.74, 6) is 0.831. The first kappa shape index (κ1) is 14.6. The molecule has 106 valence electrons. The molecule has 0 fully saturated rings. The van der Waals surface area contributed by atoms with Gasteiger partial charge in [0.25, 0.3) is 0 Å². The molecule has 1 unspecified atom stereocenters. The number of hydrogen-bond donors (Lipinski definition) is 1. The molecule has 0 bridgehead atoms. The maximum atomic E-state index is 10.4. The Labute approximate surface area is 121 Å². The van der Waals surface area contributed by atoms with Crippen molar-refractivity contribution in [2.45, 2.75) is 32.8 Å². The lowest BCUT2D eigenvalue weighted by atomic mass is 9.97. The van der Waals surface area contributed by atoms with Crippen LogP contribution in [0.15, 0.2) is 42.5 Å². The van der Waals surface area contributed by atoms with Gasteiger partial charge in [0.2, 0.25) is 0 Å². The molecule has 2 rings (SSSR count). The topological polar surface area (TPSA) is 29.5 Å². The van der Waals surface area contributed by atoms with Crippen LogP contribution in [0.1, 0.15) is 34.8 Å². The number of aliphatic hydroxyl groups is 1. The standard InChI is InChI=1S/C18H22O2/c1-13-5-4-6-15(11-13)7-10-18(19)17-9-8-16(20-3)12-14(17)2/h4-6,8-9,11-12,18-19H,7,10H2,1-3H3. The van der Waals surface area contributed by atoms with Gasteiger partial charge in [0.05, 0.1) is 13.2 Å². The van der Waals surface area contributed by atoms with Crippen LogP contribution < -0.4 is 4.74 Å². The third-order valence-corrected chi connectivity index (χ3v) is 3.62. The third-order valence-electron chi connectivity index (χ3n) is 3.62. The van der Waals surface area contributed by atoms with Crippen molar-refractivity contribution in [3.8, 4) is 5.75 Å². The average Bonchev–Trinajstić information content (AvgIpc) is 2.44. The Balaban J connectivity index is 2.03. The maximum absolute atomic E-state index is 10.4. The van der Waals surface area contributed by atoms with E-state index in [0.717, 1.165) is 29.7 Å². The summed E-state index contributed by atoms with van der Waals surface area (Å²) in [4.78, 5) is 0. The van der Waals surface area contributed by atoms with Gasteiger partial charge in [-0.3, -0.25) is 0 Å². The molecule has 0 aromatic heterocycles. The summed E-state index contributed by atoms with van der Waals surface area (Å²) < 4.78 is 5.19. The molecular weight excluding hydrogens is 248 g/mol. The number of methoxy groups -OCH3 is 1. The molecule has 0 radical (unpaired) electrons. The van der Waals surface area contributed by atoms with Crippen molar-refractivity contribution in [1.29, 1.82) is 0 Å². The fraction of sp³-hybridized carbons (Fsp3) is 0.333. The largest absolute Gasteiger partial charge is 0.497 e. The van der Waals surface area contributed by atoms with E-state index >= 15 is 0 Å². The van der Waals surface area contributed by atoms with Gasteiger partial charge in [0.15, 0.2) is 0 Å². The summed E-state index contributed by atoms with van der Waals surface area (Å²) in [6, 6.07) is 14.3. The number of aryl methyl sites for hydroxylation is 3. The van der Waals surface area contributed by atoms with E-state index in [2.05, 4.69) is 31.2 Å². The Kier molecular flexibility index (Phi) is 4.80. The molecule has 2 nitrogen and oxygen atoms in total. The normalized spacial score (nSPS) is 12.2. The third kappa shape index (κ3) is 3.61. The zero-order valence-corrected chi connectivity index (χ0v) is 12.4. The lowest BCUT2D eigenvalue weighted by Gasteiger charge is -2.15. The fourth-order valence-electron chi connectivity index (χ4n) is 2.48. The second-order valence-corrected chi connectivity index (χ2v) is 5.27. The van der Waals surface area contributed by atoms with Crippen LogP contribution in [0.2, 0.25) is 0 Å². The predicted octanol–water partition coefficient (Wildman–Crippen LogP) is 3.98. The van der Waals surface area contributed by atoms with Gasteiger partial charge in [-0.1, -0.05) is 35.9 Å². The van der Waals surface area contributed by atoms with E-state index in [1.807, 2.05) is 25.1 Å². The molecule has 2 aromatic rings. The predicted molar refractivity (Wildman–Crippen MR) is 82.2 cm³/mol. The fourth-order valence-corrected chi connectivity index (χ4v) is 2.48. The number of benzene rings is 2. The first-order valence-electron chi connectivity index (χ1n) is 6.98. The summed E-state index contributed by atoms with van der Waals surface area (Å²) >= 11 is 0. The van der Waals surface area contributed by atoms with Crippen molar-refractivity contribution in [3.05, 3.63) is 64.7 Å². The lowest BCUT2D eigenvalue weighted by molar-refractivity contribution is 0.167.